The van der Waals surface area contributed by atoms with Gasteiger partial charge < -0.3 is 5.32 Å². The Morgan fingerprint density at radius 1 is 1.26 bits per heavy atom. The third-order valence-electron chi connectivity index (χ3n) is 2.65. The van der Waals surface area contributed by atoms with Gasteiger partial charge >= 0.3 is 5.00 Å². The molecule has 0 saturated carbocycles. The van der Waals surface area contributed by atoms with Crippen LogP contribution in [-0.4, -0.2) is 10.8 Å². The second kappa shape index (κ2) is 5.19. The Morgan fingerprint density at radius 2 is 2.00 bits per heavy atom. The molecule has 2 rings (SSSR count). The number of carbonyl (C=O) groups is 1. The van der Waals surface area contributed by atoms with Gasteiger partial charge in [-0.1, -0.05) is 17.7 Å². The van der Waals surface area contributed by atoms with Crippen molar-refractivity contribution in [3.05, 3.63) is 57.1 Å². The van der Waals surface area contributed by atoms with Gasteiger partial charge in [0.15, 0.2) is 0 Å². The third-order valence-corrected chi connectivity index (χ3v) is 3.60. The fourth-order valence-electron chi connectivity index (χ4n) is 1.65. The molecule has 2 aromatic rings. The molecule has 1 N–H and O–H groups in total. The van der Waals surface area contributed by atoms with E-state index < -0.39 is 4.92 Å². The van der Waals surface area contributed by atoms with Crippen molar-refractivity contribution in [1.82, 2.24) is 0 Å². The zero-order chi connectivity index (χ0) is 14.0. The number of carbonyl (C=O) groups excluding carboxylic acids is 1. The van der Waals surface area contributed by atoms with Crippen LogP contribution in [0.5, 0.6) is 0 Å². The number of hydrogen-bond donors (Lipinski definition) is 1. The van der Waals surface area contributed by atoms with Crippen LogP contribution in [0.1, 0.15) is 21.5 Å². The lowest BCUT2D eigenvalue weighted by Crippen LogP contribution is -2.12. The zero-order valence-corrected chi connectivity index (χ0v) is 11.3. The largest absolute Gasteiger partial charge is 0.326 e. The summed E-state index contributed by atoms with van der Waals surface area (Å²) in [5.41, 5.74) is 2.44. The first-order valence-corrected chi connectivity index (χ1v) is 6.42. The lowest BCUT2D eigenvalue weighted by atomic mass is 10.1. The predicted molar refractivity (Wildman–Crippen MR) is 74.8 cm³/mol. The molecule has 1 heterocycles. The van der Waals surface area contributed by atoms with E-state index in [0.717, 1.165) is 22.5 Å². The molecular formula is C13H12N2O3S. The summed E-state index contributed by atoms with van der Waals surface area (Å²) >= 11 is 0.943. The molecule has 0 radical (unpaired) electrons. The van der Waals surface area contributed by atoms with E-state index >= 15 is 0 Å². The molecule has 1 amide bonds. The van der Waals surface area contributed by atoms with Gasteiger partial charge in [-0.2, -0.15) is 0 Å². The van der Waals surface area contributed by atoms with E-state index in [1.165, 1.54) is 12.1 Å². The molecule has 0 bridgehead atoms. The lowest BCUT2D eigenvalue weighted by molar-refractivity contribution is -0.380. The van der Waals surface area contributed by atoms with Gasteiger partial charge in [0, 0.05) is 11.6 Å². The van der Waals surface area contributed by atoms with Gasteiger partial charge in [-0.3, -0.25) is 14.9 Å². The van der Waals surface area contributed by atoms with E-state index in [0.29, 0.717) is 10.6 Å². The molecule has 0 aliphatic rings. The number of anilines is 1. The number of nitrogens with zero attached hydrogens (tertiary/aromatic N) is 1. The first kappa shape index (κ1) is 13.2. The van der Waals surface area contributed by atoms with Crippen LogP contribution in [0.15, 0.2) is 30.3 Å². The van der Waals surface area contributed by atoms with Crippen molar-refractivity contribution in [3.8, 4) is 0 Å². The van der Waals surface area contributed by atoms with E-state index in [2.05, 4.69) is 5.32 Å². The van der Waals surface area contributed by atoms with Gasteiger partial charge in [0.05, 0.1) is 4.92 Å². The van der Waals surface area contributed by atoms with Crippen molar-refractivity contribution < 1.29 is 9.72 Å². The summed E-state index contributed by atoms with van der Waals surface area (Å²) in [5.74, 6) is -0.252. The molecule has 0 saturated heterocycles. The number of amides is 1. The molecule has 1 aromatic heterocycles. The Labute approximate surface area is 114 Å². The minimum absolute atomic E-state index is 0.0104. The molecular weight excluding hydrogens is 264 g/mol. The maximum atomic E-state index is 12.1. The van der Waals surface area contributed by atoms with Gasteiger partial charge in [-0.05, 0) is 42.9 Å². The lowest BCUT2D eigenvalue weighted by Gasteiger charge is -2.06. The van der Waals surface area contributed by atoms with E-state index in [4.69, 9.17) is 0 Å². The Kier molecular flexibility index (Phi) is 3.62. The highest BCUT2D eigenvalue weighted by Crippen LogP contribution is 2.28. The van der Waals surface area contributed by atoms with Crippen molar-refractivity contribution in [3.63, 3.8) is 0 Å². The van der Waals surface area contributed by atoms with Gasteiger partial charge in [0.2, 0.25) is 0 Å². The first-order valence-electron chi connectivity index (χ1n) is 5.60. The number of hydrogen-bond acceptors (Lipinski definition) is 4. The van der Waals surface area contributed by atoms with Crippen LogP contribution in [0.2, 0.25) is 0 Å². The fraction of sp³-hybridized carbons (Fsp3) is 0.154. The summed E-state index contributed by atoms with van der Waals surface area (Å²) in [5, 5.41) is 13.7. The molecule has 0 unspecified atom stereocenters. The quantitative estimate of drug-likeness (QED) is 0.688. The van der Waals surface area contributed by atoms with E-state index in [1.54, 1.807) is 6.07 Å². The molecule has 0 atom stereocenters. The van der Waals surface area contributed by atoms with Gasteiger partial charge in [0.1, 0.15) is 5.00 Å². The number of thiophene rings is 1. The highest BCUT2D eigenvalue weighted by molar-refractivity contribution is 7.19. The molecule has 5 nitrogen and oxygen atoms in total. The molecule has 6 heteroatoms. The van der Waals surface area contributed by atoms with Crippen LogP contribution in [0.25, 0.3) is 0 Å². The Bertz CT molecular complexity index is 649. The van der Waals surface area contributed by atoms with Crippen LogP contribution in [-0.2, 0) is 0 Å². The number of aryl methyl sites for hydroxylation is 2. The van der Waals surface area contributed by atoms with Crippen LogP contribution in [0.3, 0.4) is 0 Å². The third kappa shape index (κ3) is 2.97. The maximum Gasteiger partial charge on any atom is 0.326 e. The van der Waals surface area contributed by atoms with Crippen molar-refractivity contribution in [2.75, 3.05) is 5.32 Å². The molecule has 0 spiro atoms. The van der Waals surface area contributed by atoms with Crippen LogP contribution in [0.4, 0.5) is 10.0 Å². The summed E-state index contributed by atoms with van der Waals surface area (Å²) < 4.78 is 0. The van der Waals surface area contributed by atoms with Crippen LogP contribution >= 0.6 is 11.3 Å². The van der Waals surface area contributed by atoms with E-state index in [1.807, 2.05) is 26.0 Å². The Balaban J connectivity index is 2.20. The van der Waals surface area contributed by atoms with E-state index in [9.17, 15) is 14.9 Å². The second-order valence-electron chi connectivity index (χ2n) is 4.17. The van der Waals surface area contributed by atoms with Crippen molar-refractivity contribution >= 4 is 27.2 Å². The van der Waals surface area contributed by atoms with Crippen molar-refractivity contribution in [1.29, 1.82) is 0 Å². The Morgan fingerprint density at radius 3 is 2.63 bits per heavy atom. The molecule has 0 fully saturated rings. The van der Waals surface area contributed by atoms with Crippen LogP contribution in [0, 0.1) is 24.0 Å². The first-order chi connectivity index (χ1) is 8.97. The van der Waals surface area contributed by atoms with Gasteiger partial charge in [-0.15, -0.1) is 0 Å². The summed E-state index contributed by atoms with van der Waals surface area (Å²) in [7, 11) is 0. The smallest absolute Gasteiger partial charge is 0.313 e. The standard InChI is InChI=1S/C13H12N2O3S/c1-8-3-4-9(2)10(7-8)13(16)14-11-5-6-12(19-11)15(17)18/h3-7H,1-2H3,(H,14,16). The molecule has 98 valence electrons. The summed E-state index contributed by atoms with van der Waals surface area (Å²) in [6.07, 6.45) is 0. The molecule has 19 heavy (non-hydrogen) atoms. The van der Waals surface area contributed by atoms with Crippen molar-refractivity contribution in [2.24, 2.45) is 0 Å². The zero-order valence-electron chi connectivity index (χ0n) is 10.5. The Hall–Kier alpha value is -2.21. The minimum atomic E-state index is -0.474. The summed E-state index contributed by atoms with van der Waals surface area (Å²) in [6, 6.07) is 8.52. The number of nitrogens with one attached hydrogen (secondary N) is 1. The topological polar surface area (TPSA) is 72.2 Å². The number of nitro groups is 1. The fourth-order valence-corrected chi connectivity index (χ4v) is 2.37. The highest BCUT2D eigenvalue weighted by atomic mass is 32.1. The molecule has 0 aliphatic heterocycles. The second-order valence-corrected chi connectivity index (χ2v) is 5.23. The predicted octanol–water partition coefficient (Wildman–Crippen LogP) is 3.53. The monoisotopic (exact) mass is 276 g/mol. The number of rotatable bonds is 3. The van der Waals surface area contributed by atoms with E-state index in [-0.39, 0.29) is 10.9 Å². The van der Waals surface area contributed by atoms with Crippen LogP contribution < -0.4 is 5.32 Å². The maximum absolute atomic E-state index is 12.1. The average Bonchev–Trinajstić information content (AvgIpc) is 2.80. The SMILES string of the molecule is Cc1ccc(C)c(C(=O)Nc2ccc([N+](=O)[O-])s2)c1. The summed E-state index contributed by atoms with van der Waals surface area (Å²) in [6.45, 7) is 3.76. The normalized spacial score (nSPS) is 10.2. The average molecular weight is 276 g/mol. The molecule has 1 aromatic carbocycles. The number of benzene rings is 1. The highest BCUT2D eigenvalue weighted by Gasteiger charge is 2.14. The van der Waals surface area contributed by atoms with Gasteiger partial charge in [-0.25, -0.2) is 0 Å². The summed E-state index contributed by atoms with van der Waals surface area (Å²) in [4.78, 5) is 22.2. The van der Waals surface area contributed by atoms with Gasteiger partial charge in [0.25, 0.3) is 5.91 Å². The molecule has 0 aliphatic carbocycles. The van der Waals surface area contributed by atoms with Crippen molar-refractivity contribution in [2.45, 2.75) is 13.8 Å². The minimum Gasteiger partial charge on any atom is -0.313 e.